The maximum absolute atomic E-state index is 13.8. The Kier molecular flexibility index (Phi) is 4.70. The SMILES string of the molecule is COCc1cc(COc2ccc(C(C)N)cc2F)no1. The normalized spacial score (nSPS) is 12.4. The van der Waals surface area contributed by atoms with Gasteiger partial charge in [-0.2, -0.15) is 0 Å². The van der Waals surface area contributed by atoms with Gasteiger partial charge in [0.15, 0.2) is 17.3 Å². The molecule has 1 aromatic heterocycles. The molecule has 0 saturated heterocycles. The van der Waals surface area contributed by atoms with Gasteiger partial charge in [-0.3, -0.25) is 0 Å². The number of benzene rings is 1. The van der Waals surface area contributed by atoms with Crippen molar-refractivity contribution >= 4 is 0 Å². The first kappa shape index (κ1) is 14.5. The second-order valence-corrected chi connectivity index (χ2v) is 4.48. The smallest absolute Gasteiger partial charge is 0.165 e. The van der Waals surface area contributed by atoms with E-state index < -0.39 is 5.82 Å². The molecule has 1 aromatic carbocycles. The van der Waals surface area contributed by atoms with E-state index >= 15 is 0 Å². The third-order valence-corrected chi connectivity index (χ3v) is 2.75. The maximum atomic E-state index is 13.8. The Morgan fingerprint density at radius 3 is 2.80 bits per heavy atom. The standard InChI is InChI=1S/C14H17FN2O3/c1-9(16)10-3-4-14(13(15)5-10)19-7-11-6-12(8-18-2)20-17-11/h3-6,9H,7-8,16H2,1-2H3. The van der Waals surface area contributed by atoms with Gasteiger partial charge in [0.05, 0.1) is 0 Å². The molecule has 0 saturated carbocycles. The minimum Gasteiger partial charge on any atom is -0.484 e. The van der Waals surface area contributed by atoms with Crippen molar-refractivity contribution in [2.45, 2.75) is 26.2 Å². The van der Waals surface area contributed by atoms with E-state index in [0.717, 1.165) is 5.56 Å². The average Bonchev–Trinajstić information content (AvgIpc) is 2.85. The first-order valence-corrected chi connectivity index (χ1v) is 6.21. The molecule has 0 aliphatic heterocycles. The van der Waals surface area contributed by atoms with Crippen LogP contribution < -0.4 is 10.5 Å². The molecule has 0 spiro atoms. The van der Waals surface area contributed by atoms with E-state index in [1.165, 1.54) is 6.07 Å². The van der Waals surface area contributed by atoms with Crippen LogP contribution in [0.25, 0.3) is 0 Å². The molecule has 0 amide bonds. The Morgan fingerprint density at radius 1 is 1.35 bits per heavy atom. The predicted octanol–water partition coefficient (Wildman–Crippen LogP) is 2.56. The summed E-state index contributed by atoms with van der Waals surface area (Å²) in [6, 6.07) is 6.16. The fraction of sp³-hybridized carbons (Fsp3) is 0.357. The third kappa shape index (κ3) is 3.55. The van der Waals surface area contributed by atoms with Crippen molar-refractivity contribution in [2.75, 3.05) is 7.11 Å². The first-order chi connectivity index (χ1) is 9.60. The van der Waals surface area contributed by atoms with Gasteiger partial charge >= 0.3 is 0 Å². The lowest BCUT2D eigenvalue weighted by Crippen LogP contribution is -2.06. The summed E-state index contributed by atoms with van der Waals surface area (Å²) >= 11 is 0. The predicted molar refractivity (Wildman–Crippen MR) is 70.6 cm³/mol. The molecule has 0 radical (unpaired) electrons. The van der Waals surface area contributed by atoms with Crippen molar-refractivity contribution in [3.8, 4) is 5.75 Å². The fourth-order valence-corrected chi connectivity index (χ4v) is 1.70. The molecule has 2 aromatic rings. The maximum Gasteiger partial charge on any atom is 0.165 e. The molecule has 108 valence electrons. The molecular weight excluding hydrogens is 263 g/mol. The van der Waals surface area contributed by atoms with Crippen molar-refractivity contribution in [1.29, 1.82) is 0 Å². The van der Waals surface area contributed by atoms with Crippen LogP contribution in [0.2, 0.25) is 0 Å². The summed E-state index contributed by atoms with van der Waals surface area (Å²) in [6.45, 7) is 2.26. The summed E-state index contributed by atoms with van der Waals surface area (Å²) in [5, 5.41) is 3.80. The molecule has 1 unspecified atom stereocenters. The van der Waals surface area contributed by atoms with Gasteiger partial charge in [-0.15, -0.1) is 0 Å². The van der Waals surface area contributed by atoms with Crippen molar-refractivity contribution in [1.82, 2.24) is 5.16 Å². The zero-order valence-corrected chi connectivity index (χ0v) is 11.4. The highest BCUT2D eigenvalue weighted by molar-refractivity contribution is 5.30. The average molecular weight is 280 g/mol. The topological polar surface area (TPSA) is 70.5 Å². The number of ether oxygens (including phenoxy) is 2. The van der Waals surface area contributed by atoms with E-state index in [1.54, 1.807) is 32.2 Å². The Balaban J connectivity index is 1.99. The number of nitrogens with two attached hydrogens (primary N) is 1. The minimum absolute atomic E-state index is 0.127. The first-order valence-electron chi connectivity index (χ1n) is 6.21. The summed E-state index contributed by atoms with van der Waals surface area (Å²) < 4.78 is 29.1. The highest BCUT2D eigenvalue weighted by Gasteiger charge is 2.09. The van der Waals surface area contributed by atoms with Gasteiger partial charge in [-0.1, -0.05) is 11.2 Å². The lowest BCUT2D eigenvalue weighted by molar-refractivity contribution is 0.155. The lowest BCUT2D eigenvalue weighted by Gasteiger charge is -2.09. The monoisotopic (exact) mass is 280 g/mol. The van der Waals surface area contributed by atoms with Gasteiger partial charge < -0.3 is 19.7 Å². The number of halogens is 1. The van der Waals surface area contributed by atoms with E-state index in [0.29, 0.717) is 18.1 Å². The van der Waals surface area contributed by atoms with Gasteiger partial charge in [0.1, 0.15) is 18.9 Å². The minimum atomic E-state index is -0.444. The molecule has 0 aliphatic rings. The molecule has 0 aliphatic carbocycles. The van der Waals surface area contributed by atoms with Crippen LogP contribution in [-0.2, 0) is 18.0 Å². The number of nitrogens with zero attached hydrogens (tertiary/aromatic N) is 1. The Hall–Kier alpha value is -1.92. The zero-order valence-electron chi connectivity index (χ0n) is 11.4. The van der Waals surface area contributed by atoms with Gasteiger partial charge in [0.2, 0.25) is 0 Å². The van der Waals surface area contributed by atoms with Gasteiger partial charge in [-0.05, 0) is 24.6 Å². The molecule has 5 nitrogen and oxygen atoms in total. The van der Waals surface area contributed by atoms with Crippen LogP contribution in [0, 0.1) is 5.82 Å². The fourth-order valence-electron chi connectivity index (χ4n) is 1.70. The van der Waals surface area contributed by atoms with Crippen LogP contribution in [0.3, 0.4) is 0 Å². The Labute approximate surface area is 116 Å². The van der Waals surface area contributed by atoms with Crippen LogP contribution in [-0.4, -0.2) is 12.3 Å². The Morgan fingerprint density at radius 2 is 2.15 bits per heavy atom. The van der Waals surface area contributed by atoms with Crippen molar-refractivity contribution in [3.63, 3.8) is 0 Å². The molecule has 1 atom stereocenters. The van der Waals surface area contributed by atoms with Crippen LogP contribution in [0.5, 0.6) is 5.75 Å². The van der Waals surface area contributed by atoms with Crippen LogP contribution in [0.15, 0.2) is 28.8 Å². The number of hydrogen-bond donors (Lipinski definition) is 1. The molecule has 2 rings (SSSR count). The molecule has 20 heavy (non-hydrogen) atoms. The second-order valence-electron chi connectivity index (χ2n) is 4.48. The Bertz CT molecular complexity index is 569. The lowest BCUT2D eigenvalue weighted by atomic mass is 10.1. The summed E-state index contributed by atoms with van der Waals surface area (Å²) in [6.07, 6.45) is 0. The molecule has 0 fully saturated rings. The number of hydrogen-bond acceptors (Lipinski definition) is 5. The summed E-state index contributed by atoms with van der Waals surface area (Å²) in [5.41, 5.74) is 6.98. The zero-order chi connectivity index (χ0) is 14.5. The van der Waals surface area contributed by atoms with Crippen LogP contribution in [0.4, 0.5) is 4.39 Å². The van der Waals surface area contributed by atoms with Crippen molar-refractivity contribution in [3.05, 3.63) is 47.1 Å². The van der Waals surface area contributed by atoms with Gasteiger partial charge in [-0.25, -0.2) is 4.39 Å². The van der Waals surface area contributed by atoms with E-state index in [2.05, 4.69) is 5.16 Å². The molecule has 2 N–H and O–H groups in total. The van der Waals surface area contributed by atoms with Crippen LogP contribution >= 0.6 is 0 Å². The molecule has 6 heteroatoms. The highest BCUT2D eigenvalue weighted by atomic mass is 19.1. The number of rotatable bonds is 6. The van der Waals surface area contributed by atoms with E-state index in [9.17, 15) is 4.39 Å². The van der Waals surface area contributed by atoms with E-state index in [-0.39, 0.29) is 18.4 Å². The summed E-state index contributed by atoms with van der Waals surface area (Å²) in [5.74, 6) is 0.310. The summed E-state index contributed by atoms with van der Waals surface area (Å²) in [4.78, 5) is 0. The highest BCUT2D eigenvalue weighted by Crippen LogP contribution is 2.22. The third-order valence-electron chi connectivity index (χ3n) is 2.75. The molecule has 0 bridgehead atoms. The largest absolute Gasteiger partial charge is 0.484 e. The van der Waals surface area contributed by atoms with E-state index in [1.807, 2.05) is 0 Å². The van der Waals surface area contributed by atoms with Gasteiger partial charge in [0.25, 0.3) is 0 Å². The second kappa shape index (κ2) is 6.49. The van der Waals surface area contributed by atoms with Crippen molar-refractivity contribution in [2.24, 2.45) is 5.73 Å². The molecule has 1 heterocycles. The van der Waals surface area contributed by atoms with Crippen molar-refractivity contribution < 1.29 is 18.4 Å². The molecular formula is C14H17FN2O3. The summed E-state index contributed by atoms with van der Waals surface area (Å²) in [7, 11) is 1.56. The number of methoxy groups -OCH3 is 1. The quantitative estimate of drug-likeness (QED) is 0.880. The van der Waals surface area contributed by atoms with Gasteiger partial charge in [0, 0.05) is 19.2 Å². The number of aromatic nitrogens is 1. The van der Waals surface area contributed by atoms with E-state index in [4.69, 9.17) is 19.7 Å². The van der Waals surface area contributed by atoms with Crippen LogP contribution in [0.1, 0.15) is 30.0 Å².